The van der Waals surface area contributed by atoms with E-state index in [1.54, 1.807) is 18.3 Å². The van der Waals surface area contributed by atoms with E-state index in [9.17, 15) is 5.26 Å². The third kappa shape index (κ3) is 2.34. The molecule has 0 bridgehead atoms. The highest BCUT2D eigenvalue weighted by Gasteiger charge is 2.15. The summed E-state index contributed by atoms with van der Waals surface area (Å²) in [5.74, 6) is 0. The molecular formula is C16H12N6. The summed E-state index contributed by atoms with van der Waals surface area (Å²) in [5, 5.41) is 28.6. The molecule has 3 rings (SSSR count). The quantitative estimate of drug-likeness (QED) is 0.800. The van der Waals surface area contributed by atoms with Gasteiger partial charge in [-0.1, -0.05) is 17.3 Å². The second-order valence-corrected chi connectivity index (χ2v) is 4.90. The average molecular weight is 288 g/mol. The Bertz CT molecular complexity index is 873. The summed E-state index contributed by atoms with van der Waals surface area (Å²) in [6, 6.07) is 11.6. The van der Waals surface area contributed by atoms with Crippen LogP contribution in [0.3, 0.4) is 0 Å². The number of hydrogen-bond donors (Lipinski definition) is 1. The van der Waals surface area contributed by atoms with Crippen LogP contribution in [0.2, 0.25) is 0 Å². The fraction of sp³-hybridized carbons (Fsp3) is 0.125. The molecule has 0 atom stereocenters. The van der Waals surface area contributed by atoms with Crippen LogP contribution in [0.4, 0.5) is 0 Å². The summed E-state index contributed by atoms with van der Waals surface area (Å²) in [6.07, 6.45) is 3.55. The zero-order chi connectivity index (χ0) is 15.5. The predicted molar refractivity (Wildman–Crippen MR) is 79.5 cm³/mol. The van der Waals surface area contributed by atoms with Crippen LogP contribution in [0, 0.1) is 29.6 Å². The normalized spacial score (nSPS) is 10.1. The van der Waals surface area contributed by atoms with Gasteiger partial charge in [0.05, 0.1) is 23.7 Å². The lowest BCUT2D eigenvalue weighted by Crippen LogP contribution is -2.01. The molecule has 0 radical (unpaired) electrons. The number of aromatic nitrogens is 4. The van der Waals surface area contributed by atoms with Gasteiger partial charge in [-0.15, -0.1) is 5.10 Å². The lowest BCUT2D eigenvalue weighted by Gasteiger charge is -2.06. The Morgan fingerprint density at radius 2 is 1.95 bits per heavy atom. The molecule has 0 saturated carbocycles. The molecule has 0 saturated heterocycles. The largest absolute Gasteiger partial charge is 0.344 e. The third-order valence-corrected chi connectivity index (χ3v) is 3.57. The van der Waals surface area contributed by atoms with Gasteiger partial charge in [0, 0.05) is 23.7 Å². The van der Waals surface area contributed by atoms with E-state index in [2.05, 4.69) is 27.5 Å². The number of aromatic amines is 1. The maximum absolute atomic E-state index is 9.39. The predicted octanol–water partition coefficient (Wildman–Crippen LogP) is 2.37. The number of rotatable bonds is 3. The highest BCUT2D eigenvalue weighted by molar-refractivity contribution is 5.73. The van der Waals surface area contributed by atoms with Crippen LogP contribution >= 0.6 is 0 Å². The topological polar surface area (TPSA) is 94.1 Å². The number of nitrogens with one attached hydrogen (secondary N) is 1. The van der Waals surface area contributed by atoms with Crippen LogP contribution in [-0.4, -0.2) is 20.0 Å². The molecular weight excluding hydrogens is 276 g/mol. The van der Waals surface area contributed by atoms with Crippen molar-refractivity contribution in [3.8, 4) is 23.3 Å². The van der Waals surface area contributed by atoms with E-state index in [0.717, 1.165) is 22.5 Å². The molecule has 0 fully saturated rings. The second-order valence-electron chi connectivity index (χ2n) is 4.90. The van der Waals surface area contributed by atoms with Crippen LogP contribution < -0.4 is 0 Å². The van der Waals surface area contributed by atoms with Crippen LogP contribution in [0.5, 0.6) is 0 Å². The summed E-state index contributed by atoms with van der Waals surface area (Å²) >= 11 is 0. The van der Waals surface area contributed by atoms with Gasteiger partial charge in [0.15, 0.2) is 0 Å². The van der Waals surface area contributed by atoms with Crippen molar-refractivity contribution in [3.05, 3.63) is 59.2 Å². The Labute approximate surface area is 127 Å². The number of hydrogen-bond acceptors (Lipinski definition) is 4. The lowest BCUT2D eigenvalue weighted by atomic mass is 10.0. The smallest absolute Gasteiger partial charge is 0.102 e. The van der Waals surface area contributed by atoms with Crippen molar-refractivity contribution in [2.45, 2.75) is 13.5 Å². The van der Waals surface area contributed by atoms with Crippen molar-refractivity contribution in [3.63, 3.8) is 0 Å². The molecule has 6 nitrogen and oxygen atoms in total. The molecule has 106 valence electrons. The van der Waals surface area contributed by atoms with E-state index in [0.29, 0.717) is 17.7 Å². The molecule has 22 heavy (non-hydrogen) atoms. The van der Waals surface area contributed by atoms with Crippen molar-refractivity contribution < 1.29 is 0 Å². The SMILES string of the molecule is Cc1c(-c2ccc(C#N)cc2)c(C#N)cn1Cc1c[nH]nn1. The molecule has 1 aromatic carbocycles. The third-order valence-electron chi connectivity index (χ3n) is 3.57. The lowest BCUT2D eigenvalue weighted by molar-refractivity contribution is 0.748. The zero-order valence-electron chi connectivity index (χ0n) is 11.9. The highest BCUT2D eigenvalue weighted by atomic mass is 15.3. The minimum atomic E-state index is 0.549. The van der Waals surface area contributed by atoms with Gasteiger partial charge in [0.1, 0.15) is 11.8 Å². The standard InChI is InChI=1S/C16H12N6/c1-11-16(13-4-2-12(6-17)3-5-13)14(7-18)9-22(11)10-15-8-19-21-20-15/h2-5,8-9H,10H2,1H3,(H,19,20,21). The molecule has 3 aromatic rings. The van der Waals surface area contributed by atoms with Crippen molar-refractivity contribution in [2.24, 2.45) is 0 Å². The molecule has 0 unspecified atom stereocenters. The van der Waals surface area contributed by atoms with Crippen LogP contribution in [0.25, 0.3) is 11.1 Å². The van der Waals surface area contributed by atoms with Gasteiger partial charge in [-0.3, -0.25) is 5.10 Å². The minimum Gasteiger partial charge on any atom is -0.344 e. The molecule has 0 aliphatic rings. The van der Waals surface area contributed by atoms with E-state index in [1.165, 1.54) is 0 Å². The van der Waals surface area contributed by atoms with Crippen molar-refractivity contribution >= 4 is 0 Å². The van der Waals surface area contributed by atoms with E-state index >= 15 is 0 Å². The molecule has 0 amide bonds. The highest BCUT2D eigenvalue weighted by Crippen LogP contribution is 2.29. The number of nitrogens with zero attached hydrogens (tertiary/aromatic N) is 5. The summed E-state index contributed by atoms with van der Waals surface area (Å²) in [4.78, 5) is 0. The summed E-state index contributed by atoms with van der Waals surface area (Å²) in [6.45, 7) is 2.52. The average Bonchev–Trinajstić information content (AvgIpc) is 3.16. The number of H-pyrrole nitrogens is 1. The monoisotopic (exact) mass is 288 g/mol. The fourth-order valence-electron chi connectivity index (χ4n) is 2.46. The summed E-state index contributed by atoms with van der Waals surface area (Å²) in [7, 11) is 0. The molecule has 0 aliphatic carbocycles. The first-order valence-electron chi connectivity index (χ1n) is 6.68. The minimum absolute atomic E-state index is 0.549. The van der Waals surface area contributed by atoms with Gasteiger partial charge in [-0.05, 0) is 24.6 Å². The van der Waals surface area contributed by atoms with Gasteiger partial charge in [-0.25, -0.2) is 0 Å². The van der Waals surface area contributed by atoms with Gasteiger partial charge >= 0.3 is 0 Å². The maximum Gasteiger partial charge on any atom is 0.102 e. The van der Waals surface area contributed by atoms with E-state index < -0.39 is 0 Å². The Balaban J connectivity index is 2.05. The summed E-state index contributed by atoms with van der Waals surface area (Å²) in [5.41, 5.74) is 4.79. The molecule has 6 heteroatoms. The molecule has 0 spiro atoms. The van der Waals surface area contributed by atoms with E-state index in [-0.39, 0.29) is 0 Å². The van der Waals surface area contributed by atoms with Crippen molar-refractivity contribution in [2.75, 3.05) is 0 Å². The van der Waals surface area contributed by atoms with Gasteiger partial charge in [0.25, 0.3) is 0 Å². The number of benzene rings is 1. The summed E-state index contributed by atoms with van der Waals surface area (Å²) < 4.78 is 1.98. The van der Waals surface area contributed by atoms with Gasteiger partial charge in [0.2, 0.25) is 0 Å². The maximum atomic E-state index is 9.39. The molecule has 2 heterocycles. The van der Waals surface area contributed by atoms with Crippen LogP contribution in [-0.2, 0) is 6.54 Å². The van der Waals surface area contributed by atoms with Crippen molar-refractivity contribution in [1.82, 2.24) is 20.0 Å². The van der Waals surface area contributed by atoms with Gasteiger partial charge < -0.3 is 4.57 Å². The van der Waals surface area contributed by atoms with Crippen molar-refractivity contribution in [1.29, 1.82) is 10.5 Å². The van der Waals surface area contributed by atoms with Crippen LogP contribution in [0.1, 0.15) is 22.5 Å². The second kappa shape index (κ2) is 5.55. The Kier molecular flexibility index (Phi) is 3.43. The molecule has 1 N–H and O–H groups in total. The first kappa shape index (κ1) is 13.6. The zero-order valence-corrected chi connectivity index (χ0v) is 11.9. The Morgan fingerprint density at radius 1 is 1.18 bits per heavy atom. The fourth-order valence-corrected chi connectivity index (χ4v) is 2.46. The Hall–Kier alpha value is -3.38. The molecule has 2 aromatic heterocycles. The van der Waals surface area contributed by atoms with Crippen LogP contribution in [0.15, 0.2) is 36.7 Å². The Morgan fingerprint density at radius 3 is 2.55 bits per heavy atom. The number of nitriles is 2. The first-order valence-corrected chi connectivity index (χ1v) is 6.68. The van der Waals surface area contributed by atoms with E-state index in [4.69, 9.17) is 5.26 Å². The van der Waals surface area contributed by atoms with Gasteiger partial charge in [-0.2, -0.15) is 10.5 Å². The first-order chi connectivity index (χ1) is 10.7. The molecule has 0 aliphatic heterocycles. The van der Waals surface area contributed by atoms with E-state index in [1.807, 2.05) is 29.8 Å².